The van der Waals surface area contributed by atoms with Gasteiger partial charge >= 0.3 is 0 Å². The molecule has 2 saturated heterocycles. The average molecular weight is 429 g/mol. The predicted octanol–water partition coefficient (Wildman–Crippen LogP) is 1.48. The molecule has 0 aliphatic carbocycles. The molecule has 2 fully saturated rings. The Kier molecular flexibility index (Phi) is 6.49. The number of piperidine rings is 1. The van der Waals surface area contributed by atoms with Crippen LogP contribution in [0.2, 0.25) is 0 Å². The Morgan fingerprint density at radius 2 is 2.00 bits per heavy atom. The molecule has 0 spiro atoms. The van der Waals surface area contributed by atoms with E-state index in [-0.39, 0.29) is 18.4 Å². The Balaban J connectivity index is 1.41. The van der Waals surface area contributed by atoms with E-state index in [0.29, 0.717) is 10.9 Å². The number of likely N-dealkylation sites (tertiary alicyclic amines) is 1. The second kappa shape index (κ2) is 8.62. The van der Waals surface area contributed by atoms with E-state index in [1.54, 1.807) is 6.07 Å². The van der Waals surface area contributed by atoms with E-state index in [1.807, 2.05) is 11.0 Å². The lowest BCUT2D eigenvalue weighted by molar-refractivity contribution is -0.132. The van der Waals surface area contributed by atoms with Crippen LogP contribution in [-0.4, -0.2) is 85.4 Å². The van der Waals surface area contributed by atoms with Crippen LogP contribution in [0, 0.1) is 0 Å². The van der Waals surface area contributed by atoms with Gasteiger partial charge in [-0.3, -0.25) is 14.5 Å². The lowest BCUT2D eigenvalue weighted by Gasteiger charge is -2.42. The first-order chi connectivity index (χ1) is 12.0. The predicted molar refractivity (Wildman–Crippen MR) is 103 cm³/mol. The number of nitrogens with one attached hydrogen (secondary N) is 1. The minimum Gasteiger partial charge on any atom is -0.342 e. The van der Waals surface area contributed by atoms with E-state index in [2.05, 4.69) is 38.1 Å². The van der Waals surface area contributed by atoms with Gasteiger partial charge in [0.05, 0.1) is 15.2 Å². The van der Waals surface area contributed by atoms with E-state index in [4.69, 9.17) is 0 Å². The fourth-order valence-electron chi connectivity index (χ4n) is 3.56. The summed E-state index contributed by atoms with van der Waals surface area (Å²) in [7, 11) is 2.18. The second-order valence-electron chi connectivity index (χ2n) is 6.76. The number of halogens is 1. The Hall–Kier alpha value is -0.960. The van der Waals surface area contributed by atoms with Gasteiger partial charge in [0.2, 0.25) is 5.91 Å². The van der Waals surface area contributed by atoms with Crippen molar-refractivity contribution in [1.29, 1.82) is 0 Å². The Morgan fingerprint density at radius 1 is 1.24 bits per heavy atom. The van der Waals surface area contributed by atoms with Gasteiger partial charge in [0, 0.05) is 38.8 Å². The summed E-state index contributed by atoms with van der Waals surface area (Å²) < 4.78 is 0.911. The Labute approximate surface area is 161 Å². The number of nitrogens with zero attached hydrogens (tertiary/aromatic N) is 3. The van der Waals surface area contributed by atoms with Crippen LogP contribution in [0.3, 0.4) is 0 Å². The first-order valence-corrected chi connectivity index (χ1v) is 10.4. The summed E-state index contributed by atoms with van der Waals surface area (Å²) in [6, 6.07) is 4.21. The van der Waals surface area contributed by atoms with Gasteiger partial charge < -0.3 is 15.1 Å². The zero-order valence-corrected chi connectivity index (χ0v) is 16.9. The van der Waals surface area contributed by atoms with Crippen LogP contribution in [0.15, 0.2) is 15.9 Å². The maximum Gasteiger partial charge on any atom is 0.261 e. The fourth-order valence-corrected chi connectivity index (χ4v) is 4.87. The summed E-state index contributed by atoms with van der Waals surface area (Å²) in [5, 5.41) is 2.73. The smallest absolute Gasteiger partial charge is 0.261 e. The number of piperazine rings is 1. The molecule has 6 nitrogen and oxygen atoms in total. The molecule has 8 heteroatoms. The number of thiophene rings is 1. The van der Waals surface area contributed by atoms with Crippen molar-refractivity contribution in [2.75, 3.05) is 52.9 Å². The van der Waals surface area contributed by atoms with Crippen LogP contribution in [-0.2, 0) is 4.79 Å². The van der Waals surface area contributed by atoms with Gasteiger partial charge in [0.15, 0.2) is 0 Å². The van der Waals surface area contributed by atoms with E-state index in [0.717, 1.165) is 36.5 Å². The minimum atomic E-state index is -0.187. The van der Waals surface area contributed by atoms with E-state index >= 15 is 0 Å². The van der Waals surface area contributed by atoms with E-state index in [1.165, 1.54) is 30.7 Å². The molecular formula is C17H25BrN4O2S. The van der Waals surface area contributed by atoms with Crippen molar-refractivity contribution in [2.24, 2.45) is 0 Å². The van der Waals surface area contributed by atoms with Gasteiger partial charge in [-0.25, -0.2) is 0 Å². The third-order valence-corrected chi connectivity index (χ3v) is 6.60. The second-order valence-corrected chi connectivity index (χ2v) is 9.22. The third kappa shape index (κ3) is 5.03. The number of carbonyl (C=O) groups excluding carboxylic acids is 2. The highest BCUT2D eigenvalue weighted by Crippen LogP contribution is 2.21. The van der Waals surface area contributed by atoms with Crippen molar-refractivity contribution in [3.8, 4) is 0 Å². The van der Waals surface area contributed by atoms with Crippen LogP contribution >= 0.6 is 27.3 Å². The van der Waals surface area contributed by atoms with Crippen molar-refractivity contribution in [3.05, 3.63) is 20.8 Å². The number of amides is 2. The van der Waals surface area contributed by atoms with Gasteiger partial charge in [0.1, 0.15) is 0 Å². The summed E-state index contributed by atoms with van der Waals surface area (Å²) in [6.45, 7) is 5.74. The van der Waals surface area contributed by atoms with Gasteiger partial charge in [-0.15, -0.1) is 11.3 Å². The molecule has 25 heavy (non-hydrogen) atoms. The van der Waals surface area contributed by atoms with Crippen LogP contribution in [0.1, 0.15) is 22.5 Å². The summed E-state index contributed by atoms with van der Waals surface area (Å²) in [4.78, 5) is 31.8. The SMILES string of the molecule is CN1CCCC(N2CCN(C(=O)CNC(=O)c3ccc(Br)s3)CC2)C1. The van der Waals surface area contributed by atoms with Crippen LogP contribution in [0.4, 0.5) is 0 Å². The maximum absolute atomic E-state index is 12.4. The van der Waals surface area contributed by atoms with E-state index in [9.17, 15) is 9.59 Å². The quantitative estimate of drug-likeness (QED) is 0.788. The fraction of sp³-hybridized carbons (Fsp3) is 0.647. The Morgan fingerprint density at radius 3 is 2.64 bits per heavy atom. The highest BCUT2D eigenvalue weighted by molar-refractivity contribution is 9.11. The molecule has 3 heterocycles. The summed E-state index contributed by atoms with van der Waals surface area (Å²) in [5.41, 5.74) is 0. The molecule has 0 aromatic carbocycles. The van der Waals surface area contributed by atoms with Gasteiger partial charge in [-0.05, 0) is 54.5 Å². The molecule has 2 aliphatic heterocycles. The molecule has 2 aliphatic rings. The summed E-state index contributed by atoms with van der Waals surface area (Å²) >= 11 is 4.71. The molecule has 2 amide bonds. The monoisotopic (exact) mass is 428 g/mol. The number of rotatable bonds is 4. The molecule has 1 atom stereocenters. The maximum atomic E-state index is 12.4. The largest absolute Gasteiger partial charge is 0.342 e. The van der Waals surface area contributed by atoms with E-state index < -0.39 is 0 Å². The molecule has 138 valence electrons. The number of hydrogen-bond acceptors (Lipinski definition) is 5. The molecule has 3 rings (SSSR count). The van der Waals surface area contributed by atoms with Crippen molar-refractivity contribution in [1.82, 2.24) is 20.0 Å². The van der Waals surface area contributed by atoms with Gasteiger partial charge in [0.25, 0.3) is 5.91 Å². The van der Waals surface area contributed by atoms with Gasteiger partial charge in [-0.2, -0.15) is 0 Å². The van der Waals surface area contributed by atoms with Crippen molar-refractivity contribution in [3.63, 3.8) is 0 Å². The number of carbonyl (C=O) groups is 2. The zero-order valence-electron chi connectivity index (χ0n) is 14.5. The van der Waals surface area contributed by atoms with Crippen LogP contribution in [0.5, 0.6) is 0 Å². The molecule has 1 aromatic heterocycles. The number of hydrogen-bond donors (Lipinski definition) is 1. The normalized spacial score (nSPS) is 22.8. The minimum absolute atomic E-state index is 0.00406. The van der Waals surface area contributed by atoms with Gasteiger partial charge in [-0.1, -0.05) is 0 Å². The lowest BCUT2D eigenvalue weighted by atomic mass is 10.0. The molecule has 0 saturated carbocycles. The standard InChI is InChI=1S/C17H25BrN4O2S/c1-20-6-2-3-13(12-20)21-7-9-22(10-8-21)16(23)11-19-17(24)14-4-5-15(18)25-14/h4-5,13H,2-3,6-12H2,1H3,(H,19,24). The van der Waals surface area contributed by atoms with Crippen LogP contribution < -0.4 is 5.32 Å². The average Bonchev–Trinajstić information content (AvgIpc) is 3.06. The van der Waals surface area contributed by atoms with Crippen LogP contribution in [0.25, 0.3) is 0 Å². The molecular weight excluding hydrogens is 404 g/mol. The first-order valence-electron chi connectivity index (χ1n) is 8.77. The lowest BCUT2D eigenvalue weighted by Crippen LogP contribution is -2.56. The number of likely N-dealkylation sites (N-methyl/N-ethyl adjacent to an activating group) is 1. The Bertz CT molecular complexity index is 616. The van der Waals surface area contributed by atoms with Crippen molar-refractivity contribution < 1.29 is 9.59 Å². The topological polar surface area (TPSA) is 55.9 Å². The first kappa shape index (κ1) is 18.8. The summed E-state index contributed by atoms with van der Waals surface area (Å²) in [5.74, 6) is -0.183. The molecule has 0 radical (unpaired) electrons. The molecule has 1 N–H and O–H groups in total. The third-order valence-electron chi connectivity index (χ3n) is 4.98. The van der Waals surface area contributed by atoms with Crippen molar-refractivity contribution >= 4 is 39.1 Å². The molecule has 1 unspecified atom stereocenters. The molecule has 1 aromatic rings. The highest BCUT2D eigenvalue weighted by atomic mass is 79.9. The van der Waals surface area contributed by atoms with Crippen molar-refractivity contribution in [2.45, 2.75) is 18.9 Å². The molecule has 0 bridgehead atoms. The highest BCUT2D eigenvalue weighted by Gasteiger charge is 2.28. The summed E-state index contributed by atoms with van der Waals surface area (Å²) in [6.07, 6.45) is 2.51. The zero-order chi connectivity index (χ0) is 17.8.